The van der Waals surface area contributed by atoms with Crippen LogP contribution in [0.3, 0.4) is 0 Å². The van der Waals surface area contributed by atoms with Gasteiger partial charge in [-0.3, -0.25) is 0 Å². The lowest BCUT2D eigenvalue weighted by molar-refractivity contribution is 0.0501. The SMILES string of the molecule is CCOC(=O)NCC(NC(=O)OC(C)(C)C)c1cccc(Cl)c1Cl. The van der Waals surface area contributed by atoms with Gasteiger partial charge in [0, 0.05) is 6.54 Å². The van der Waals surface area contributed by atoms with E-state index in [0.29, 0.717) is 15.6 Å². The van der Waals surface area contributed by atoms with Crippen LogP contribution < -0.4 is 10.6 Å². The first-order valence-corrected chi connectivity index (χ1v) is 8.23. The molecular formula is C16H22Cl2N2O4. The first-order valence-electron chi connectivity index (χ1n) is 7.48. The number of alkyl carbamates (subject to hydrolysis) is 2. The van der Waals surface area contributed by atoms with Gasteiger partial charge in [0.2, 0.25) is 0 Å². The molecule has 0 heterocycles. The highest BCUT2D eigenvalue weighted by Crippen LogP contribution is 2.30. The normalized spacial score (nSPS) is 12.2. The Morgan fingerprint density at radius 2 is 1.88 bits per heavy atom. The summed E-state index contributed by atoms with van der Waals surface area (Å²) in [5.41, 5.74) is -0.0896. The topological polar surface area (TPSA) is 76.7 Å². The number of carbonyl (C=O) groups is 2. The summed E-state index contributed by atoms with van der Waals surface area (Å²) in [5, 5.41) is 5.89. The maximum atomic E-state index is 12.1. The molecule has 0 aliphatic rings. The average Bonchev–Trinajstić information content (AvgIpc) is 2.45. The van der Waals surface area contributed by atoms with Crippen LogP contribution in [0.5, 0.6) is 0 Å². The quantitative estimate of drug-likeness (QED) is 0.802. The van der Waals surface area contributed by atoms with E-state index < -0.39 is 23.8 Å². The molecule has 2 N–H and O–H groups in total. The number of hydrogen-bond acceptors (Lipinski definition) is 4. The van der Waals surface area contributed by atoms with Crippen LogP contribution in [0, 0.1) is 0 Å². The Morgan fingerprint density at radius 3 is 2.46 bits per heavy atom. The van der Waals surface area contributed by atoms with Gasteiger partial charge in [0.05, 0.1) is 22.7 Å². The van der Waals surface area contributed by atoms with Crippen molar-refractivity contribution in [3.8, 4) is 0 Å². The lowest BCUT2D eigenvalue weighted by Crippen LogP contribution is -2.40. The molecule has 0 bridgehead atoms. The maximum Gasteiger partial charge on any atom is 0.408 e. The Labute approximate surface area is 151 Å². The fourth-order valence-electron chi connectivity index (χ4n) is 1.85. The van der Waals surface area contributed by atoms with Gasteiger partial charge in [-0.15, -0.1) is 0 Å². The minimum atomic E-state index is -0.651. The zero-order valence-corrected chi connectivity index (χ0v) is 15.6. The highest BCUT2D eigenvalue weighted by atomic mass is 35.5. The second-order valence-electron chi connectivity index (χ2n) is 5.94. The zero-order valence-electron chi connectivity index (χ0n) is 14.1. The van der Waals surface area contributed by atoms with Gasteiger partial charge in [0.1, 0.15) is 5.60 Å². The summed E-state index contributed by atoms with van der Waals surface area (Å²) in [6, 6.07) is 4.42. The highest BCUT2D eigenvalue weighted by molar-refractivity contribution is 6.42. The van der Waals surface area contributed by atoms with Crippen molar-refractivity contribution in [3.05, 3.63) is 33.8 Å². The van der Waals surface area contributed by atoms with Crippen molar-refractivity contribution in [1.29, 1.82) is 0 Å². The number of hydrogen-bond donors (Lipinski definition) is 2. The molecule has 0 saturated carbocycles. The van der Waals surface area contributed by atoms with E-state index in [1.54, 1.807) is 45.9 Å². The molecule has 6 nitrogen and oxygen atoms in total. The van der Waals surface area contributed by atoms with Gasteiger partial charge in [0.25, 0.3) is 0 Å². The van der Waals surface area contributed by atoms with Crippen LogP contribution in [0.15, 0.2) is 18.2 Å². The number of carbonyl (C=O) groups excluding carboxylic acids is 2. The molecule has 0 radical (unpaired) electrons. The molecule has 0 aromatic heterocycles. The maximum absolute atomic E-state index is 12.1. The number of rotatable bonds is 5. The molecule has 1 rings (SSSR count). The van der Waals surface area contributed by atoms with Gasteiger partial charge in [-0.05, 0) is 39.3 Å². The Kier molecular flexibility index (Phi) is 7.63. The Morgan fingerprint density at radius 1 is 1.21 bits per heavy atom. The average molecular weight is 377 g/mol. The smallest absolute Gasteiger partial charge is 0.408 e. The lowest BCUT2D eigenvalue weighted by atomic mass is 10.1. The third kappa shape index (κ3) is 6.84. The van der Waals surface area contributed by atoms with Crippen LogP contribution in [0.2, 0.25) is 10.0 Å². The van der Waals surface area contributed by atoms with Crippen molar-refractivity contribution in [2.45, 2.75) is 39.3 Å². The Balaban J connectivity index is 2.92. The second kappa shape index (κ2) is 8.99. The predicted molar refractivity (Wildman–Crippen MR) is 93.6 cm³/mol. The number of ether oxygens (including phenoxy) is 2. The van der Waals surface area contributed by atoms with Crippen molar-refractivity contribution >= 4 is 35.4 Å². The number of nitrogens with one attached hydrogen (secondary N) is 2. The molecule has 24 heavy (non-hydrogen) atoms. The van der Waals surface area contributed by atoms with Crippen LogP contribution in [0.25, 0.3) is 0 Å². The third-order valence-corrected chi connectivity index (χ3v) is 3.61. The summed E-state index contributed by atoms with van der Waals surface area (Å²) >= 11 is 12.2. The summed E-state index contributed by atoms with van der Waals surface area (Å²) < 4.78 is 10.1. The van der Waals surface area contributed by atoms with Crippen LogP contribution >= 0.6 is 23.2 Å². The van der Waals surface area contributed by atoms with E-state index in [1.807, 2.05) is 0 Å². The van der Waals surface area contributed by atoms with Gasteiger partial charge in [-0.2, -0.15) is 0 Å². The van der Waals surface area contributed by atoms with Crippen molar-refractivity contribution in [1.82, 2.24) is 10.6 Å². The van der Waals surface area contributed by atoms with Crippen LogP contribution in [0.1, 0.15) is 39.3 Å². The summed E-state index contributed by atoms with van der Waals surface area (Å²) in [4.78, 5) is 23.6. The molecule has 1 unspecified atom stereocenters. The lowest BCUT2D eigenvalue weighted by Gasteiger charge is -2.24. The minimum Gasteiger partial charge on any atom is -0.450 e. The van der Waals surface area contributed by atoms with Crippen LogP contribution in [0.4, 0.5) is 9.59 Å². The minimum absolute atomic E-state index is 0.0676. The molecule has 0 spiro atoms. The molecule has 0 aliphatic heterocycles. The van der Waals surface area contributed by atoms with E-state index in [9.17, 15) is 9.59 Å². The van der Waals surface area contributed by atoms with E-state index in [2.05, 4.69) is 10.6 Å². The molecule has 0 aliphatic carbocycles. The van der Waals surface area contributed by atoms with Gasteiger partial charge in [0.15, 0.2) is 0 Å². The first-order chi connectivity index (χ1) is 11.1. The van der Waals surface area contributed by atoms with E-state index in [0.717, 1.165) is 0 Å². The molecule has 1 aromatic carbocycles. The van der Waals surface area contributed by atoms with Crippen molar-refractivity contribution < 1.29 is 19.1 Å². The Bertz CT molecular complexity index is 588. The molecule has 8 heteroatoms. The van der Waals surface area contributed by atoms with Gasteiger partial charge in [-0.1, -0.05) is 35.3 Å². The number of amides is 2. The van der Waals surface area contributed by atoms with Crippen molar-refractivity contribution in [2.24, 2.45) is 0 Å². The van der Waals surface area contributed by atoms with Crippen molar-refractivity contribution in [2.75, 3.05) is 13.2 Å². The van der Waals surface area contributed by atoms with E-state index in [4.69, 9.17) is 32.7 Å². The number of benzene rings is 1. The van der Waals surface area contributed by atoms with Gasteiger partial charge in [-0.25, -0.2) is 9.59 Å². The molecule has 0 saturated heterocycles. The second-order valence-corrected chi connectivity index (χ2v) is 6.73. The molecule has 2 amide bonds. The summed E-state index contributed by atoms with van der Waals surface area (Å²) in [7, 11) is 0. The largest absolute Gasteiger partial charge is 0.450 e. The molecule has 1 atom stereocenters. The zero-order chi connectivity index (χ0) is 18.3. The van der Waals surface area contributed by atoms with E-state index >= 15 is 0 Å². The predicted octanol–water partition coefficient (Wildman–Crippen LogP) is 4.31. The molecule has 0 fully saturated rings. The number of halogens is 2. The van der Waals surface area contributed by atoms with Gasteiger partial charge < -0.3 is 20.1 Å². The molecule has 134 valence electrons. The fourth-order valence-corrected chi connectivity index (χ4v) is 2.29. The summed E-state index contributed by atoms with van der Waals surface area (Å²) in [6.45, 7) is 7.27. The molecule has 1 aromatic rings. The van der Waals surface area contributed by atoms with E-state index in [1.165, 1.54) is 0 Å². The van der Waals surface area contributed by atoms with Crippen molar-refractivity contribution in [3.63, 3.8) is 0 Å². The van der Waals surface area contributed by atoms with Gasteiger partial charge >= 0.3 is 12.2 Å². The summed E-state index contributed by atoms with van der Waals surface area (Å²) in [5.74, 6) is 0. The Hall–Kier alpha value is -1.66. The van der Waals surface area contributed by atoms with E-state index in [-0.39, 0.29) is 13.2 Å². The summed E-state index contributed by atoms with van der Waals surface area (Å²) in [6.07, 6.45) is -1.22. The van der Waals surface area contributed by atoms with Crippen LogP contribution in [-0.4, -0.2) is 30.9 Å². The monoisotopic (exact) mass is 376 g/mol. The highest BCUT2D eigenvalue weighted by Gasteiger charge is 2.23. The van der Waals surface area contributed by atoms with Crippen LogP contribution in [-0.2, 0) is 9.47 Å². The molecular weight excluding hydrogens is 355 g/mol. The fraction of sp³-hybridized carbons (Fsp3) is 0.500. The first kappa shape index (κ1) is 20.4. The standard InChI is InChI=1S/C16H22Cl2N2O4/c1-5-23-14(21)19-9-12(20-15(22)24-16(2,3)4)10-7-6-8-11(17)13(10)18/h6-8,12H,5,9H2,1-4H3,(H,19,21)(H,20,22). The third-order valence-electron chi connectivity index (χ3n) is 2.77.